The van der Waals surface area contributed by atoms with Crippen molar-refractivity contribution in [3.8, 4) is 0 Å². The van der Waals surface area contributed by atoms with Crippen molar-refractivity contribution in [2.45, 2.75) is 45.4 Å². The Kier molecular flexibility index (Phi) is 4.31. The van der Waals surface area contributed by atoms with Crippen LogP contribution in [-0.4, -0.2) is 11.1 Å². The topological polar surface area (TPSA) is 37.3 Å². The highest BCUT2D eigenvalue weighted by molar-refractivity contribution is 5.88. The van der Waals surface area contributed by atoms with E-state index in [0.29, 0.717) is 5.56 Å². The number of aromatic carboxylic acids is 1. The van der Waals surface area contributed by atoms with Crippen LogP contribution in [0.5, 0.6) is 0 Å². The van der Waals surface area contributed by atoms with Crippen LogP contribution in [-0.2, 0) is 11.8 Å². The van der Waals surface area contributed by atoms with E-state index in [-0.39, 0.29) is 5.41 Å². The molecule has 0 aliphatic heterocycles. The van der Waals surface area contributed by atoms with Crippen molar-refractivity contribution in [1.82, 2.24) is 0 Å². The second kappa shape index (κ2) is 6.27. The van der Waals surface area contributed by atoms with Gasteiger partial charge in [-0.2, -0.15) is 0 Å². The smallest absolute Gasteiger partial charge is 0.335 e. The van der Waals surface area contributed by atoms with Gasteiger partial charge in [0.25, 0.3) is 0 Å². The van der Waals surface area contributed by atoms with Crippen LogP contribution in [0, 0.1) is 0 Å². The number of benzene rings is 2. The molecule has 3 rings (SSSR count). The van der Waals surface area contributed by atoms with Crippen molar-refractivity contribution in [3.05, 3.63) is 70.3 Å². The fourth-order valence-corrected chi connectivity index (χ4v) is 3.58. The number of hydrogen-bond donors (Lipinski definition) is 1. The zero-order valence-electron chi connectivity index (χ0n) is 14.6. The second-order valence-corrected chi connectivity index (χ2v) is 7.36. The predicted octanol–water partition coefficient (Wildman–Crippen LogP) is 5.56. The Morgan fingerprint density at radius 2 is 1.75 bits per heavy atom. The molecule has 124 valence electrons. The zero-order chi connectivity index (χ0) is 17.3. The molecule has 2 aromatic rings. The Morgan fingerprint density at radius 1 is 1.08 bits per heavy atom. The second-order valence-electron chi connectivity index (χ2n) is 7.36. The molecule has 0 spiro atoms. The van der Waals surface area contributed by atoms with Gasteiger partial charge in [-0.3, -0.25) is 0 Å². The van der Waals surface area contributed by atoms with Crippen molar-refractivity contribution in [2.75, 3.05) is 0 Å². The lowest BCUT2D eigenvalue weighted by atomic mass is 9.72. The summed E-state index contributed by atoms with van der Waals surface area (Å²) in [5.41, 5.74) is 6.98. The third-order valence-corrected chi connectivity index (χ3v) is 5.08. The summed E-state index contributed by atoms with van der Waals surface area (Å²) in [4.78, 5) is 10.9. The van der Waals surface area contributed by atoms with Crippen LogP contribution in [0.1, 0.15) is 66.2 Å². The summed E-state index contributed by atoms with van der Waals surface area (Å²) in [6, 6.07) is 13.8. The third-order valence-electron chi connectivity index (χ3n) is 5.08. The molecular formula is C22H24O2. The number of hydrogen-bond acceptors (Lipinski definition) is 1. The molecule has 0 saturated heterocycles. The van der Waals surface area contributed by atoms with Gasteiger partial charge >= 0.3 is 5.97 Å². The van der Waals surface area contributed by atoms with E-state index < -0.39 is 5.97 Å². The molecule has 0 radical (unpaired) electrons. The average molecular weight is 320 g/mol. The summed E-state index contributed by atoms with van der Waals surface area (Å²) in [6.45, 7) is 6.78. The number of fused-ring (bicyclic) bond motifs is 1. The molecular weight excluding hydrogens is 296 g/mol. The Labute approximate surface area is 143 Å². The maximum absolute atomic E-state index is 10.9. The molecule has 0 amide bonds. The van der Waals surface area contributed by atoms with Crippen molar-refractivity contribution in [2.24, 2.45) is 0 Å². The molecule has 2 heteroatoms. The van der Waals surface area contributed by atoms with E-state index in [0.717, 1.165) is 5.56 Å². The summed E-state index contributed by atoms with van der Waals surface area (Å²) in [7, 11) is 0. The van der Waals surface area contributed by atoms with Gasteiger partial charge in [0.05, 0.1) is 5.56 Å². The van der Waals surface area contributed by atoms with Gasteiger partial charge in [-0.1, -0.05) is 50.3 Å². The van der Waals surface area contributed by atoms with E-state index >= 15 is 0 Å². The minimum Gasteiger partial charge on any atom is -0.478 e. The minimum absolute atomic E-state index is 0.243. The maximum Gasteiger partial charge on any atom is 0.335 e. The van der Waals surface area contributed by atoms with Crippen LogP contribution in [0.25, 0.3) is 11.6 Å². The average Bonchev–Trinajstić information content (AvgIpc) is 2.55. The van der Waals surface area contributed by atoms with E-state index in [1.165, 1.54) is 41.5 Å². The lowest BCUT2D eigenvalue weighted by molar-refractivity contribution is 0.0697. The molecule has 0 bridgehead atoms. The normalized spacial score (nSPS) is 16.5. The van der Waals surface area contributed by atoms with E-state index in [4.69, 9.17) is 5.11 Å². The van der Waals surface area contributed by atoms with E-state index in [1.54, 1.807) is 12.1 Å². The fraction of sp³-hybridized carbons (Fsp3) is 0.318. The monoisotopic (exact) mass is 320 g/mol. The van der Waals surface area contributed by atoms with Gasteiger partial charge < -0.3 is 5.11 Å². The van der Waals surface area contributed by atoms with Gasteiger partial charge in [-0.05, 0) is 71.6 Å². The summed E-state index contributed by atoms with van der Waals surface area (Å²) >= 11 is 0. The first-order valence-corrected chi connectivity index (χ1v) is 8.52. The minimum atomic E-state index is -0.890. The van der Waals surface area contributed by atoms with E-state index in [9.17, 15) is 4.79 Å². The molecule has 0 aromatic heterocycles. The first kappa shape index (κ1) is 16.5. The first-order valence-electron chi connectivity index (χ1n) is 8.52. The van der Waals surface area contributed by atoms with Crippen LogP contribution < -0.4 is 0 Å². The highest BCUT2D eigenvalue weighted by atomic mass is 16.4. The number of carboxylic acid groups (broad SMARTS) is 1. The molecule has 1 aliphatic rings. The lowest BCUT2D eigenvalue weighted by Crippen LogP contribution is -2.23. The van der Waals surface area contributed by atoms with Crippen molar-refractivity contribution in [1.29, 1.82) is 0 Å². The number of rotatable bonds is 3. The summed E-state index contributed by atoms with van der Waals surface area (Å²) in [5, 5.41) is 8.98. The standard InChI is InChI=1S/C22H24O2/c1-15(13-16-6-8-18(9-7-16)21(23)24)19-11-10-17-5-4-12-22(2,3)20(17)14-19/h6-11,13-14H,4-5,12H2,1-3H3,(H,23,24)/b15-13-. The van der Waals surface area contributed by atoms with Crippen LogP contribution >= 0.6 is 0 Å². The largest absolute Gasteiger partial charge is 0.478 e. The molecule has 0 saturated carbocycles. The Morgan fingerprint density at radius 3 is 2.42 bits per heavy atom. The molecule has 0 atom stereocenters. The SMILES string of the molecule is C/C(=C/c1ccc(C(=O)O)cc1)c1ccc2c(c1)C(C)(C)CCC2. The number of aryl methyl sites for hydroxylation is 1. The van der Waals surface area contributed by atoms with E-state index in [1.807, 2.05) is 12.1 Å². The van der Waals surface area contributed by atoms with Crippen LogP contribution in [0.4, 0.5) is 0 Å². The van der Waals surface area contributed by atoms with Crippen molar-refractivity contribution >= 4 is 17.6 Å². The predicted molar refractivity (Wildman–Crippen MR) is 99.4 cm³/mol. The number of carboxylic acids is 1. The molecule has 24 heavy (non-hydrogen) atoms. The number of allylic oxidation sites excluding steroid dienone is 1. The summed E-state index contributed by atoms with van der Waals surface area (Å²) in [5.74, 6) is -0.890. The molecule has 1 aliphatic carbocycles. The molecule has 0 unspecified atom stereocenters. The first-order chi connectivity index (χ1) is 11.4. The summed E-state index contributed by atoms with van der Waals surface area (Å²) < 4.78 is 0. The fourth-order valence-electron chi connectivity index (χ4n) is 3.58. The van der Waals surface area contributed by atoms with Gasteiger partial charge in [0.1, 0.15) is 0 Å². The molecule has 0 heterocycles. The van der Waals surface area contributed by atoms with Crippen LogP contribution in [0.15, 0.2) is 42.5 Å². The lowest BCUT2D eigenvalue weighted by Gasteiger charge is -2.33. The van der Waals surface area contributed by atoms with Crippen molar-refractivity contribution < 1.29 is 9.90 Å². The Hall–Kier alpha value is -2.35. The van der Waals surface area contributed by atoms with Gasteiger partial charge in [0.15, 0.2) is 0 Å². The highest BCUT2D eigenvalue weighted by Gasteiger charge is 2.27. The van der Waals surface area contributed by atoms with Gasteiger partial charge in [-0.15, -0.1) is 0 Å². The molecule has 2 aromatic carbocycles. The van der Waals surface area contributed by atoms with Gasteiger partial charge in [0.2, 0.25) is 0 Å². The highest BCUT2D eigenvalue weighted by Crippen LogP contribution is 2.38. The number of carbonyl (C=O) groups is 1. The molecule has 0 fully saturated rings. The maximum atomic E-state index is 10.9. The van der Waals surface area contributed by atoms with Gasteiger partial charge in [-0.25, -0.2) is 4.79 Å². The third kappa shape index (κ3) is 3.28. The molecule has 1 N–H and O–H groups in total. The van der Waals surface area contributed by atoms with Crippen LogP contribution in [0.3, 0.4) is 0 Å². The van der Waals surface area contributed by atoms with Crippen LogP contribution in [0.2, 0.25) is 0 Å². The summed E-state index contributed by atoms with van der Waals surface area (Å²) in [6.07, 6.45) is 5.80. The van der Waals surface area contributed by atoms with E-state index in [2.05, 4.69) is 45.0 Å². The van der Waals surface area contributed by atoms with Gasteiger partial charge in [0, 0.05) is 0 Å². The molecule has 2 nitrogen and oxygen atoms in total. The zero-order valence-corrected chi connectivity index (χ0v) is 14.6. The van der Waals surface area contributed by atoms with Crippen molar-refractivity contribution in [3.63, 3.8) is 0 Å². The quantitative estimate of drug-likeness (QED) is 0.752. The Balaban J connectivity index is 1.92. The Bertz CT molecular complexity index is 795.